The molecule has 1 aromatic heterocycles. The summed E-state index contributed by atoms with van der Waals surface area (Å²) in [7, 11) is 0. The fraction of sp³-hybridized carbons (Fsp3) is 0.485. The van der Waals surface area contributed by atoms with E-state index >= 15 is 0 Å². The molecule has 1 heterocycles. The summed E-state index contributed by atoms with van der Waals surface area (Å²) in [4.78, 5) is 21.4. The van der Waals surface area contributed by atoms with Crippen LogP contribution in [-0.2, 0) is 4.79 Å². The average Bonchev–Trinajstić information content (AvgIpc) is 2.98. The third kappa shape index (κ3) is 9.30. The number of carbonyl (C=O) groups is 1. The summed E-state index contributed by atoms with van der Waals surface area (Å²) >= 11 is 0. The summed E-state index contributed by atoms with van der Waals surface area (Å²) < 4.78 is 54.0. The van der Waals surface area contributed by atoms with E-state index in [4.69, 9.17) is 9.47 Å². The quantitative estimate of drug-likeness (QED) is 0.0977. The molecule has 4 unspecified atom stereocenters. The van der Waals surface area contributed by atoms with Gasteiger partial charge in [-0.15, -0.1) is 0 Å². The largest absolute Gasteiger partial charge is 0.487 e. The van der Waals surface area contributed by atoms with Crippen LogP contribution in [0.5, 0.6) is 11.5 Å². The molecule has 0 spiro atoms. The molecule has 222 valence electrons. The predicted octanol–water partition coefficient (Wildman–Crippen LogP) is 9.05. The van der Waals surface area contributed by atoms with Crippen molar-refractivity contribution in [3.63, 3.8) is 0 Å². The first-order valence-corrected chi connectivity index (χ1v) is 14.5. The molecule has 3 aromatic rings. The molecular formula is C33H41F3N2O3. The highest BCUT2D eigenvalue weighted by molar-refractivity contribution is 5.81. The number of carbonyl (C=O) groups excluding carboxylic acids is 1. The van der Waals surface area contributed by atoms with Crippen molar-refractivity contribution in [2.45, 2.75) is 103 Å². The van der Waals surface area contributed by atoms with Gasteiger partial charge in [0, 0.05) is 18.0 Å². The number of hydrogen-bond acceptors (Lipinski definition) is 5. The lowest BCUT2D eigenvalue weighted by Gasteiger charge is -2.23. The number of aromatic nitrogens is 2. The van der Waals surface area contributed by atoms with Gasteiger partial charge in [-0.05, 0) is 62.9 Å². The first kappa shape index (κ1) is 32.1. The molecule has 2 aromatic carbocycles. The van der Waals surface area contributed by atoms with Crippen LogP contribution in [0.2, 0.25) is 0 Å². The van der Waals surface area contributed by atoms with Crippen molar-refractivity contribution >= 4 is 5.97 Å². The standard InChI is InChI=1S/C33H41F3N2O3/c1-5-7-8-9-10-13-20-33(4,36)32(39)40-26-18-16-24(17-19-26)25-21-37-31(38-22-25)27-14-11-12-15-29(27)41-28(6-2)30(35)23(3)34/h11-12,14-19,21-23,28,30H,5-10,13,20H2,1-4H3. The molecule has 3 rings (SSSR count). The number of alkyl halides is 3. The highest BCUT2D eigenvalue weighted by Crippen LogP contribution is 2.31. The van der Waals surface area contributed by atoms with Crippen molar-refractivity contribution in [2.75, 3.05) is 0 Å². The SMILES string of the molecule is CCCCCCCCC(C)(F)C(=O)Oc1ccc(-c2cnc(-c3ccccc3OC(CC)C(F)C(C)F)nc2)cc1. The number of esters is 1. The molecule has 0 N–H and O–H groups in total. The molecule has 0 fully saturated rings. The minimum absolute atomic E-state index is 0.135. The Bertz CT molecular complexity index is 1220. The van der Waals surface area contributed by atoms with Gasteiger partial charge in [0.1, 0.15) is 23.8 Å². The van der Waals surface area contributed by atoms with Crippen molar-refractivity contribution in [3.8, 4) is 34.0 Å². The third-order valence-electron chi connectivity index (χ3n) is 7.08. The maximum atomic E-state index is 14.9. The van der Waals surface area contributed by atoms with Gasteiger partial charge in [0.05, 0.1) is 5.56 Å². The number of ether oxygens (including phenoxy) is 2. The molecule has 0 aliphatic rings. The van der Waals surface area contributed by atoms with Gasteiger partial charge >= 0.3 is 5.97 Å². The Morgan fingerprint density at radius 3 is 2.17 bits per heavy atom. The lowest BCUT2D eigenvalue weighted by Crippen LogP contribution is -2.34. The first-order valence-electron chi connectivity index (χ1n) is 14.5. The van der Waals surface area contributed by atoms with Crippen LogP contribution in [0.4, 0.5) is 13.2 Å². The molecule has 0 aliphatic carbocycles. The molecule has 41 heavy (non-hydrogen) atoms. The number of hydrogen-bond donors (Lipinski definition) is 0. The summed E-state index contributed by atoms with van der Waals surface area (Å²) in [5, 5.41) is 0. The molecule has 8 heteroatoms. The number of unbranched alkanes of at least 4 members (excludes halogenated alkanes) is 5. The number of halogens is 3. The lowest BCUT2D eigenvalue weighted by molar-refractivity contribution is -0.147. The van der Waals surface area contributed by atoms with Gasteiger partial charge < -0.3 is 9.47 Å². The van der Waals surface area contributed by atoms with Gasteiger partial charge in [-0.1, -0.05) is 70.2 Å². The molecule has 0 bridgehead atoms. The summed E-state index contributed by atoms with van der Waals surface area (Å²) in [6.45, 7) is 6.34. The maximum Gasteiger partial charge on any atom is 0.348 e. The Balaban J connectivity index is 1.63. The Kier molecular flexibility index (Phi) is 12.2. The summed E-state index contributed by atoms with van der Waals surface area (Å²) in [6.07, 6.45) is 5.42. The Labute approximate surface area is 241 Å². The molecule has 0 saturated heterocycles. The summed E-state index contributed by atoms with van der Waals surface area (Å²) in [6, 6.07) is 13.7. The van der Waals surface area contributed by atoms with Crippen LogP contribution < -0.4 is 9.47 Å². The first-order chi connectivity index (χ1) is 19.7. The summed E-state index contributed by atoms with van der Waals surface area (Å²) in [5.41, 5.74) is 0.0114. The zero-order valence-corrected chi connectivity index (χ0v) is 24.4. The van der Waals surface area contributed by atoms with E-state index in [0.29, 0.717) is 35.5 Å². The van der Waals surface area contributed by atoms with Gasteiger partial charge in [0.15, 0.2) is 12.0 Å². The highest BCUT2D eigenvalue weighted by Gasteiger charge is 2.34. The minimum Gasteiger partial charge on any atom is -0.487 e. The fourth-order valence-corrected chi connectivity index (χ4v) is 4.47. The Hall–Kier alpha value is -3.42. The third-order valence-corrected chi connectivity index (χ3v) is 7.08. The predicted molar refractivity (Wildman–Crippen MR) is 156 cm³/mol. The topological polar surface area (TPSA) is 61.3 Å². The molecular weight excluding hydrogens is 529 g/mol. The van der Waals surface area contributed by atoms with E-state index < -0.39 is 30.1 Å². The van der Waals surface area contributed by atoms with Crippen molar-refractivity contribution in [3.05, 3.63) is 60.9 Å². The highest BCUT2D eigenvalue weighted by atomic mass is 19.2. The number of para-hydroxylation sites is 1. The number of rotatable bonds is 16. The molecule has 5 nitrogen and oxygen atoms in total. The fourth-order valence-electron chi connectivity index (χ4n) is 4.47. The van der Waals surface area contributed by atoms with Crippen LogP contribution in [0.3, 0.4) is 0 Å². The van der Waals surface area contributed by atoms with Crippen molar-refractivity contribution < 1.29 is 27.4 Å². The molecule has 0 radical (unpaired) electrons. The monoisotopic (exact) mass is 570 g/mol. The van der Waals surface area contributed by atoms with Crippen LogP contribution in [-0.4, -0.2) is 40.1 Å². The normalized spacial score (nSPS) is 15.0. The van der Waals surface area contributed by atoms with E-state index in [1.807, 2.05) is 0 Å². The van der Waals surface area contributed by atoms with Gasteiger partial charge in [-0.3, -0.25) is 0 Å². The van der Waals surface area contributed by atoms with Crippen LogP contribution in [0, 0.1) is 0 Å². The van der Waals surface area contributed by atoms with Gasteiger partial charge in [-0.2, -0.15) is 0 Å². The second kappa shape index (κ2) is 15.5. The second-order valence-electron chi connectivity index (χ2n) is 10.6. The molecule has 4 atom stereocenters. The van der Waals surface area contributed by atoms with Crippen molar-refractivity contribution in [2.24, 2.45) is 0 Å². The zero-order chi connectivity index (χ0) is 29.8. The average molecular weight is 571 g/mol. The summed E-state index contributed by atoms with van der Waals surface area (Å²) in [5.74, 6) is 0.116. The van der Waals surface area contributed by atoms with Crippen LogP contribution >= 0.6 is 0 Å². The Morgan fingerprint density at radius 2 is 1.54 bits per heavy atom. The van der Waals surface area contributed by atoms with E-state index in [-0.39, 0.29) is 12.2 Å². The van der Waals surface area contributed by atoms with Crippen molar-refractivity contribution in [1.82, 2.24) is 9.97 Å². The maximum absolute atomic E-state index is 14.9. The number of benzene rings is 2. The van der Waals surface area contributed by atoms with Crippen LogP contribution in [0.25, 0.3) is 22.5 Å². The van der Waals surface area contributed by atoms with Crippen LogP contribution in [0.1, 0.15) is 79.1 Å². The minimum atomic E-state index is -2.04. The van der Waals surface area contributed by atoms with E-state index in [9.17, 15) is 18.0 Å². The lowest BCUT2D eigenvalue weighted by atomic mass is 9.99. The smallest absolute Gasteiger partial charge is 0.348 e. The van der Waals surface area contributed by atoms with E-state index in [1.165, 1.54) is 20.3 Å². The van der Waals surface area contributed by atoms with E-state index in [1.54, 1.807) is 67.8 Å². The van der Waals surface area contributed by atoms with Gasteiger partial charge in [0.25, 0.3) is 0 Å². The molecule has 0 saturated carbocycles. The second-order valence-corrected chi connectivity index (χ2v) is 10.6. The van der Waals surface area contributed by atoms with Gasteiger partial charge in [0.2, 0.25) is 5.67 Å². The zero-order valence-electron chi connectivity index (χ0n) is 24.4. The molecule has 0 aliphatic heterocycles. The van der Waals surface area contributed by atoms with E-state index in [0.717, 1.165) is 31.2 Å². The van der Waals surface area contributed by atoms with Crippen molar-refractivity contribution in [1.29, 1.82) is 0 Å². The Morgan fingerprint density at radius 1 is 0.902 bits per heavy atom. The van der Waals surface area contributed by atoms with E-state index in [2.05, 4.69) is 16.9 Å². The van der Waals surface area contributed by atoms with Crippen LogP contribution in [0.15, 0.2) is 60.9 Å². The number of nitrogens with zero attached hydrogens (tertiary/aromatic N) is 2. The van der Waals surface area contributed by atoms with Gasteiger partial charge in [-0.25, -0.2) is 27.9 Å². The molecule has 0 amide bonds.